The van der Waals surface area contributed by atoms with Gasteiger partial charge in [-0.3, -0.25) is 4.79 Å². The molecule has 1 fully saturated rings. The molecule has 0 atom stereocenters. The van der Waals surface area contributed by atoms with Gasteiger partial charge in [0.25, 0.3) is 5.91 Å². The Labute approximate surface area is 164 Å². The van der Waals surface area contributed by atoms with Crippen molar-refractivity contribution in [2.75, 3.05) is 37.7 Å². The number of hydrogen-bond acceptors (Lipinski definition) is 7. The van der Waals surface area contributed by atoms with Gasteiger partial charge < -0.3 is 14.5 Å². The zero-order valence-electron chi connectivity index (χ0n) is 15.4. The number of halogens is 3. The summed E-state index contributed by atoms with van der Waals surface area (Å²) in [5.41, 5.74) is -0.169. The van der Waals surface area contributed by atoms with E-state index in [-0.39, 0.29) is 5.69 Å². The second kappa shape index (κ2) is 8.29. The maximum absolute atomic E-state index is 12.7. The Balaban J connectivity index is 1.59. The molecular weight excluding hydrogens is 395 g/mol. The van der Waals surface area contributed by atoms with E-state index in [2.05, 4.69) is 15.0 Å². The first-order chi connectivity index (χ1) is 13.2. The molecular formula is C17H20F3N5O2S. The minimum absolute atomic E-state index is 0.169. The number of nitrogens with zero attached hydrogens (tertiary/aromatic N) is 5. The molecule has 1 aliphatic heterocycles. The molecule has 0 bridgehead atoms. The average molecular weight is 415 g/mol. The highest BCUT2D eigenvalue weighted by atomic mass is 32.1. The Morgan fingerprint density at radius 1 is 1.25 bits per heavy atom. The van der Waals surface area contributed by atoms with Crippen LogP contribution in [0.5, 0.6) is 5.88 Å². The monoisotopic (exact) mass is 415 g/mol. The molecule has 0 N–H and O–H groups in total. The SMILES string of the molecule is CC(C)COc1cc(N2CCN(C(=O)c3csc(C(F)(F)F)n3)CC2)ncn1. The first kappa shape index (κ1) is 20.3. The van der Waals surface area contributed by atoms with E-state index in [1.807, 2.05) is 18.7 Å². The van der Waals surface area contributed by atoms with Crippen molar-refractivity contribution >= 4 is 23.1 Å². The van der Waals surface area contributed by atoms with E-state index in [9.17, 15) is 18.0 Å². The van der Waals surface area contributed by atoms with Gasteiger partial charge in [0, 0.05) is 37.6 Å². The average Bonchev–Trinajstić information content (AvgIpc) is 3.17. The molecule has 28 heavy (non-hydrogen) atoms. The molecule has 1 saturated heterocycles. The summed E-state index contributed by atoms with van der Waals surface area (Å²) in [6.45, 7) is 6.36. The molecule has 11 heteroatoms. The lowest BCUT2D eigenvalue weighted by molar-refractivity contribution is -0.137. The van der Waals surface area contributed by atoms with Crippen molar-refractivity contribution < 1.29 is 22.7 Å². The molecule has 0 spiro atoms. The van der Waals surface area contributed by atoms with Crippen molar-refractivity contribution in [3.63, 3.8) is 0 Å². The van der Waals surface area contributed by atoms with Crippen LogP contribution >= 0.6 is 11.3 Å². The number of carbonyl (C=O) groups excluding carboxylic acids is 1. The number of anilines is 1. The Hall–Kier alpha value is -2.43. The van der Waals surface area contributed by atoms with Gasteiger partial charge >= 0.3 is 6.18 Å². The molecule has 0 unspecified atom stereocenters. The van der Waals surface area contributed by atoms with Gasteiger partial charge in [0.05, 0.1) is 6.61 Å². The molecule has 0 radical (unpaired) electrons. The molecule has 1 amide bonds. The topological polar surface area (TPSA) is 71.5 Å². The molecule has 0 aromatic carbocycles. The third-order valence-electron chi connectivity index (χ3n) is 4.05. The van der Waals surface area contributed by atoms with Crippen LogP contribution in [0.3, 0.4) is 0 Å². The summed E-state index contributed by atoms with van der Waals surface area (Å²) >= 11 is 0.429. The number of alkyl halides is 3. The number of ether oxygens (including phenoxy) is 1. The van der Waals surface area contributed by atoms with Gasteiger partial charge in [0.2, 0.25) is 5.88 Å². The van der Waals surface area contributed by atoms with Gasteiger partial charge in [-0.2, -0.15) is 13.2 Å². The highest BCUT2D eigenvalue weighted by Gasteiger charge is 2.36. The Morgan fingerprint density at radius 3 is 2.57 bits per heavy atom. The van der Waals surface area contributed by atoms with Crippen LogP contribution < -0.4 is 9.64 Å². The predicted octanol–water partition coefficient (Wildman–Crippen LogP) is 2.95. The Morgan fingerprint density at radius 2 is 1.96 bits per heavy atom. The van der Waals surface area contributed by atoms with Crippen LogP contribution in [0, 0.1) is 5.92 Å². The first-order valence-corrected chi connectivity index (χ1v) is 9.64. The van der Waals surface area contributed by atoms with E-state index in [0.717, 1.165) is 5.38 Å². The molecule has 3 heterocycles. The number of thiazole rings is 1. The van der Waals surface area contributed by atoms with Crippen LogP contribution in [0.15, 0.2) is 17.8 Å². The molecule has 2 aromatic rings. The highest BCUT2D eigenvalue weighted by Crippen LogP contribution is 2.32. The van der Waals surface area contributed by atoms with Gasteiger partial charge in [-0.15, -0.1) is 11.3 Å². The summed E-state index contributed by atoms with van der Waals surface area (Å²) in [4.78, 5) is 27.7. The van der Waals surface area contributed by atoms with Crippen LogP contribution in [0.4, 0.5) is 19.0 Å². The summed E-state index contributed by atoms with van der Waals surface area (Å²) in [6, 6.07) is 1.75. The van der Waals surface area contributed by atoms with Crippen molar-refractivity contribution in [1.82, 2.24) is 19.9 Å². The summed E-state index contributed by atoms with van der Waals surface area (Å²) in [7, 11) is 0. The zero-order valence-corrected chi connectivity index (χ0v) is 16.3. The number of rotatable bonds is 5. The van der Waals surface area contributed by atoms with Crippen molar-refractivity contribution in [3.05, 3.63) is 28.5 Å². The van der Waals surface area contributed by atoms with Gasteiger partial charge in [-0.25, -0.2) is 15.0 Å². The van der Waals surface area contributed by atoms with Crippen LogP contribution in [-0.4, -0.2) is 58.5 Å². The molecule has 152 valence electrons. The summed E-state index contributed by atoms with van der Waals surface area (Å²) in [6.07, 6.45) is -3.11. The quantitative estimate of drug-likeness (QED) is 0.748. The van der Waals surface area contributed by atoms with E-state index in [1.54, 1.807) is 6.07 Å². The summed E-state index contributed by atoms with van der Waals surface area (Å²) in [5, 5.41) is 0.143. The second-order valence-corrected chi connectivity index (χ2v) is 7.59. The number of hydrogen-bond donors (Lipinski definition) is 0. The zero-order chi connectivity index (χ0) is 20.3. The molecule has 0 saturated carbocycles. The molecule has 3 rings (SSSR count). The standard InChI is InChI=1S/C17H20F3N5O2S/c1-11(2)8-27-14-7-13(21-10-22-14)24-3-5-25(6-4-24)15(26)12-9-28-16(23-12)17(18,19)20/h7,9-11H,3-6,8H2,1-2H3. The molecule has 0 aliphatic carbocycles. The molecule has 2 aromatic heterocycles. The van der Waals surface area contributed by atoms with Crippen LogP contribution in [0.1, 0.15) is 29.3 Å². The Kier molecular flexibility index (Phi) is 6.01. The normalized spacial score (nSPS) is 15.2. The summed E-state index contributed by atoms with van der Waals surface area (Å²) < 4.78 is 43.6. The van der Waals surface area contributed by atoms with Gasteiger partial charge in [0.15, 0.2) is 5.01 Å². The maximum Gasteiger partial charge on any atom is 0.443 e. The number of piperazine rings is 1. The predicted molar refractivity (Wildman–Crippen MR) is 97.6 cm³/mol. The fraction of sp³-hybridized carbons (Fsp3) is 0.529. The number of carbonyl (C=O) groups is 1. The molecule has 1 aliphatic rings. The fourth-order valence-electron chi connectivity index (χ4n) is 2.64. The number of aromatic nitrogens is 3. The molecule has 7 nitrogen and oxygen atoms in total. The minimum atomic E-state index is -4.54. The van der Waals surface area contributed by atoms with Crippen LogP contribution in [-0.2, 0) is 6.18 Å². The van der Waals surface area contributed by atoms with E-state index in [0.29, 0.717) is 61.7 Å². The van der Waals surface area contributed by atoms with Crippen molar-refractivity contribution in [2.45, 2.75) is 20.0 Å². The van der Waals surface area contributed by atoms with Crippen molar-refractivity contribution in [1.29, 1.82) is 0 Å². The summed E-state index contributed by atoms with van der Waals surface area (Å²) in [5.74, 6) is 1.06. The van der Waals surface area contributed by atoms with Gasteiger partial charge in [0.1, 0.15) is 17.8 Å². The highest BCUT2D eigenvalue weighted by molar-refractivity contribution is 7.09. The lowest BCUT2D eigenvalue weighted by atomic mass is 10.2. The Bertz CT molecular complexity index is 819. The van der Waals surface area contributed by atoms with E-state index in [1.165, 1.54) is 11.2 Å². The van der Waals surface area contributed by atoms with Crippen LogP contribution in [0.25, 0.3) is 0 Å². The van der Waals surface area contributed by atoms with E-state index < -0.39 is 17.1 Å². The first-order valence-electron chi connectivity index (χ1n) is 8.76. The van der Waals surface area contributed by atoms with Gasteiger partial charge in [-0.1, -0.05) is 13.8 Å². The lowest BCUT2D eigenvalue weighted by Crippen LogP contribution is -2.49. The minimum Gasteiger partial charge on any atom is -0.477 e. The fourth-order valence-corrected chi connectivity index (χ4v) is 3.30. The second-order valence-electron chi connectivity index (χ2n) is 6.73. The maximum atomic E-state index is 12.7. The van der Waals surface area contributed by atoms with Crippen molar-refractivity contribution in [2.24, 2.45) is 5.92 Å². The van der Waals surface area contributed by atoms with Crippen LogP contribution in [0.2, 0.25) is 0 Å². The van der Waals surface area contributed by atoms with Crippen molar-refractivity contribution in [3.8, 4) is 5.88 Å². The van der Waals surface area contributed by atoms with E-state index >= 15 is 0 Å². The number of amides is 1. The third kappa shape index (κ3) is 4.89. The van der Waals surface area contributed by atoms with E-state index in [4.69, 9.17) is 4.74 Å². The van der Waals surface area contributed by atoms with Gasteiger partial charge in [-0.05, 0) is 5.92 Å². The third-order valence-corrected chi connectivity index (χ3v) is 4.94. The lowest BCUT2D eigenvalue weighted by Gasteiger charge is -2.35. The largest absolute Gasteiger partial charge is 0.477 e. The smallest absolute Gasteiger partial charge is 0.443 e.